The molecule has 0 atom stereocenters. The zero-order chi connectivity index (χ0) is 15.7. The van der Waals surface area contributed by atoms with Gasteiger partial charge in [-0.15, -0.1) is 12.4 Å². The van der Waals surface area contributed by atoms with Crippen LogP contribution >= 0.6 is 24.0 Å². The van der Waals surface area contributed by atoms with E-state index in [-0.39, 0.29) is 29.2 Å². The zero-order valence-corrected chi connectivity index (χ0v) is 13.4. The van der Waals surface area contributed by atoms with E-state index in [0.29, 0.717) is 5.69 Å². The van der Waals surface area contributed by atoms with Crippen molar-refractivity contribution < 1.29 is 4.92 Å². The van der Waals surface area contributed by atoms with Crippen LogP contribution in [0.2, 0.25) is 5.28 Å². The first-order valence-corrected chi connectivity index (χ1v) is 6.72. The number of hydrogen-bond donors (Lipinski definition) is 1. The van der Waals surface area contributed by atoms with Crippen LogP contribution in [0.5, 0.6) is 0 Å². The van der Waals surface area contributed by atoms with Gasteiger partial charge in [-0.3, -0.25) is 15.1 Å². The molecule has 0 saturated heterocycles. The lowest BCUT2D eigenvalue weighted by atomic mass is 10.2. The van der Waals surface area contributed by atoms with E-state index in [1.807, 2.05) is 31.2 Å². The van der Waals surface area contributed by atoms with E-state index in [4.69, 9.17) is 11.6 Å². The summed E-state index contributed by atoms with van der Waals surface area (Å²) in [5.41, 5.74) is 2.18. The Morgan fingerprint density at radius 2 is 2.00 bits per heavy atom. The number of anilines is 2. The van der Waals surface area contributed by atoms with Crippen molar-refractivity contribution in [1.29, 1.82) is 0 Å². The molecule has 9 heteroatoms. The van der Waals surface area contributed by atoms with E-state index in [9.17, 15) is 10.1 Å². The second kappa shape index (κ2) is 6.72. The van der Waals surface area contributed by atoms with Gasteiger partial charge in [0, 0.05) is 16.8 Å². The Morgan fingerprint density at radius 3 is 2.74 bits per heavy atom. The number of benzene rings is 1. The van der Waals surface area contributed by atoms with Gasteiger partial charge in [0.2, 0.25) is 11.1 Å². The van der Waals surface area contributed by atoms with Gasteiger partial charge >= 0.3 is 5.69 Å². The van der Waals surface area contributed by atoms with Gasteiger partial charge < -0.3 is 5.32 Å². The molecule has 0 radical (unpaired) electrons. The second-order valence-electron chi connectivity index (χ2n) is 4.62. The molecule has 0 aliphatic heterocycles. The first kappa shape index (κ1) is 16.9. The van der Waals surface area contributed by atoms with Gasteiger partial charge in [-0.05, 0) is 42.8 Å². The number of rotatable bonds is 3. The van der Waals surface area contributed by atoms with Crippen LogP contribution in [0, 0.1) is 17.0 Å². The second-order valence-corrected chi connectivity index (χ2v) is 4.95. The number of pyridine rings is 1. The van der Waals surface area contributed by atoms with Gasteiger partial charge in [-0.1, -0.05) is 6.07 Å². The molecule has 3 aromatic rings. The largest absolute Gasteiger partial charge is 0.334 e. The first-order valence-electron chi connectivity index (χ1n) is 6.34. The summed E-state index contributed by atoms with van der Waals surface area (Å²) in [7, 11) is 0. The van der Waals surface area contributed by atoms with Crippen molar-refractivity contribution in [3.8, 4) is 0 Å². The molecule has 118 valence electrons. The summed E-state index contributed by atoms with van der Waals surface area (Å²) in [6.07, 6.45) is 1.07. The molecule has 2 heterocycles. The van der Waals surface area contributed by atoms with Crippen LogP contribution in [0.4, 0.5) is 17.2 Å². The minimum absolute atomic E-state index is 0. The van der Waals surface area contributed by atoms with Crippen LogP contribution in [-0.4, -0.2) is 19.9 Å². The van der Waals surface area contributed by atoms with Crippen LogP contribution in [-0.2, 0) is 0 Å². The molecule has 2 aromatic heterocycles. The third-order valence-corrected chi connectivity index (χ3v) is 3.21. The predicted molar refractivity (Wildman–Crippen MR) is 90.7 cm³/mol. The topological polar surface area (TPSA) is 93.8 Å². The molecule has 0 aliphatic rings. The summed E-state index contributed by atoms with van der Waals surface area (Å²) in [5.74, 6) is 0.0458. The van der Waals surface area contributed by atoms with Crippen molar-refractivity contribution in [2.45, 2.75) is 6.92 Å². The quantitative estimate of drug-likeness (QED) is 0.434. The minimum Gasteiger partial charge on any atom is -0.334 e. The van der Waals surface area contributed by atoms with Crippen LogP contribution < -0.4 is 5.32 Å². The molecular weight excluding hydrogens is 341 g/mol. The average molecular weight is 352 g/mol. The monoisotopic (exact) mass is 351 g/mol. The van der Waals surface area contributed by atoms with Crippen molar-refractivity contribution >= 4 is 52.1 Å². The molecule has 7 nitrogen and oxygen atoms in total. The number of hydrogen-bond acceptors (Lipinski definition) is 6. The van der Waals surface area contributed by atoms with Crippen LogP contribution in [0.25, 0.3) is 10.9 Å². The number of nitrogens with zero attached hydrogens (tertiary/aromatic N) is 4. The highest BCUT2D eigenvalue weighted by Crippen LogP contribution is 2.27. The molecule has 0 amide bonds. The molecule has 3 rings (SSSR count). The van der Waals surface area contributed by atoms with Crippen LogP contribution in [0.1, 0.15) is 5.69 Å². The molecule has 0 saturated carbocycles. The summed E-state index contributed by atoms with van der Waals surface area (Å²) < 4.78 is 0. The fourth-order valence-electron chi connectivity index (χ4n) is 2.02. The van der Waals surface area contributed by atoms with Crippen molar-refractivity contribution in [1.82, 2.24) is 15.0 Å². The number of nitro groups is 1. The SMILES string of the molecule is Cc1ccc2cc(Nc3nc(Cl)ncc3[N+](=O)[O-])ccc2n1.Cl. The van der Waals surface area contributed by atoms with E-state index in [2.05, 4.69) is 20.3 Å². The van der Waals surface area contributed by atoms with Crippen molar-refractivity contribution in [2.75, 3.05) is 5.32 Å². The van der Waals surface area contributed by atoms with E-state index < -0.39 is 4.92 Å². The summed E-state index contributed by atoms with van der Waals surface area (Å²) in [4.78, 5) is 22.3. The molecule has 1 aromatic carbocycles. The predicted octanol–water partition coefficient (Wildman–Crippen LogP) is 4.06. The fraction of sp³-hybridized carbons (Fsp3) is 0.0714. The molecule has 1 N–H and O–H groups in total. The molecule has 0 bridgehead atoms. The molecule has 0 aliphatic carbocycles. The Hall–Kier alpha value is -2.51. The maximum atomic E-state index is 11.0. The van der Waals surface area contributed by atoms with Crippen molar-refractivity contribution in [3.63, 3.8) is 0 Å². The lowest BCUT2D eigenvalue weighted by Crippen LogP contribution is -2.01. The van der Waals surface area contributed by atoms with Gasteiger partial charge in [0.15, 0.2) is 0 Å². The van der Waals surface area contributed by atoms with Crippen molar-refractivity contribution in [2.24, 2.45) is 0 Å². The normalized spacial score (nSPS) is 10.2. The number of aryl methyl sites for hydroxylation is 1. The minimum atomic E-state index is -0.565. The Labute approximate surface area is 142 Å². The number of aromatic nitrogens is 3. The fourth-order valence-corrected chi connectivity index (χ4v) is 2.15. The highest BCUT2D eigenvalue weighted by Gasteiger charge is 2.17. The third kappa shape index (κ3) is 3.64. The summed E-state index contributed by atoms with van der Waals surface area (Å²) in [6, 6.07) is 9.27. The van der Waals surface area contributed by atoms with Gasteiger partial charge in [0.25, 0.3) is 0 Å². The molecule has 0 unspecified atom stereocenters. The Kier molecular flexibility index (Phi) is 4.92. The van der Waals surface area contributed by atoms with Gasteiger partial charge in [-0.25, -0.2) is 4.98 Å². The highest BCUT2D eigenvalue weighted by atomic mass is 35.5. The van der Waals surface area contributed by atoms with E-state index in [1.54, 1.807) is 6.07 Å². The maximum Gasteiger partial charge on any atom is 0.329 e. The van der Waals surface area contributed by atoms with Crippen LogP contribution in [0.3, 0.4) is 0 Å². The third-order valence-electron chi connectivity index (χ3n) is 3.03. The Bertz CT molecular complexity index is 888. The summed E-state index contributed by atoms with van der Waals surface area (Å²) in [6.45, 7) is 1.91. The molecule has 23 heavy (non-hydrogen) atoms. The smallest absolute Gasteiger partial charge is 0.329 e. The highest BCUT2D eigenvalue weighted by molar-refractivity contribution is 6.28. The average Bonchev–Trinajstić information content (AvgIpc) is 2.47. The molecular formula is C14H11Cl2N5O2. The zero-order valence-electron chi connectivity index (χ0n) is 11.9. The van der Waals surface area contributed by atoms with Gasteiger partial charge in [0.1, 0.15) is 6.20 Å². The standard InChI is InChI=1S/C14H10ClN5O2.ClH/c1-8-2-3-9-6-10(4-5-11(9)17-8)18-13-12(20(21)22)7-16-14(15)19-13;/h2-7H,1H3,(H,16,18,19);1H. The van der Waals surface area contributed by atoms with E-state index >= 15 is 0 Å². The molecule has 0 spiro atoms. The maximum absolute atomic E-state index is 11.0. The number of fused-ring (bicyclic) bond motifs is 1. The van der Waals surface area contributed by atoms with E-state index in [1.165, 1.54) is 0 Å². The van der Waals surface area contributed by atoms with Crippen molar-refractivity contribution in [3.05, 3.63) is 57.6 Å². The molecule has 0 fully saturated rings. The summed E-state index contributed by atoms with van der Waals surface area (Å²) in [5, 5.41) is 14.8. The lowest BCUT2D eigenvalue weighted by molar-refractivity contribution is -0.384. The summed E-state index contributed by atoms with van der Waals surface area (Å²) >= 11 is 5.71. The number of nitrogens with one attached hydrogen (secondary N) is 1. The van der Waals surface area contributed by atoms with Gasteiger partial charge in [-0.2, -0.15) is 4.98 Å². The Balaban J connectivity index is 0.00000192. The number of halogens is 2. The van der Waals surface area contributed by atoms with Gasteiger partial charge in [0.05, 0.1) is 10.4 Å². The Morgan fingerprint density at radius 1 is 1.22 bits per heavy atom. The lowest BCUT2D eigenvalue weighted by Gasteiger charge is -2.07. The first-order chi connectivity index (χ1) is 10.5. The van der Waals surface area contributed by atoms with Crippen LogP contribution in [0.15, 0.2) is 36.5 Å². The van der Waals surface area contributed by atoms with E-state index in [0.717, 1.165) is 22.8 Å².